The molecule has 3 N–H and O–H groups in total. The number of rotatable bonds is 6. The van der Waals surface area contributed by atoms with E-state index in [0.717, 1.165) is 5.57 Å². The van der Waals surface area contributed by atoms with Crippen molar-refractivity contribution in [1.82, 2.24) is 20.5 Å². The minimum Gasteiger partial charge on any atom is -0.439 e. The van der Waals surface area contributed by atoms with Gasteiger partial charge in [-0.3, -0.25) is 19.7 Å². The van der Waals surface area contributed by atoms with Crippen LogP contribution in [-0.4, -0.2) is 52.8 Å². The third kappa shape index (κ3) is 5.12. The number of urea groups is 1. The van der Waals surface area contributed by atoms with E-state index in [1.54, 1.807) is 53.6 Å². The molecule has 10 nitrogen and oxygen atoms in total. The molecule has 2 unspecified atom stereocenters. The summed E-state index contributed by atoms with van der Waals surface area (Å²) in [7, 11) is 0. The molecule has 2 aromatic rings. The van der Waals surface area contributed by atoms with Crippen LogP contribution in [0.1, 0.15) is 19.3 Å². The van der Waals surface area contributed by atoms with Crippen LogP contribution in [-0.2, 0) is 14.4 Å². The zero-order chi connectivity index (χ0) is 25.1. The van der Waals surface area contributed by atoms with Gasteiger partial charge in [-0.15, -0.1) is 0 Å². The molecule has 0 saturated carbocycles. The van der Waals surface area contributed by atoms with Gasteiger partial charge in [0.1, 0.15) is 11.8 Å². The second kappa shape index (κ2) is 10.0. The molecule has 0 spiro atoms. The standard InChI is InChI=1S/C26H25N5O5/c32-22-10-9-21(24(33)30-22)31-15-17-12-16(7-8-20(17)25(31)34)14-28-26(35)29-18-4-3-5-19(13-18)36-23-6-1-2-11-27-23/h1-8,11,13,17,21H,9-10,12,14-15H2,(H2,28,29,35)(H,30,32,33). The average Bonchev–Trinajstić information content (AvgIpc) is 3.19. The van der Waals surface area contributed by atoms with Crippen molar-refractivity contribution >= 4 is 29.4 Å². The molecule has 1 aromatic carbocycles. The maximum absolute atomic E-state index is 12.9. The van der Waals surface area contributed by atoms with Crippen molar-refractivity contribution in [3.05, 3.63) is 72.0 Å². The van der Waals surface area contributed by atoms with Crippen molar-refractivity contribution in [2.24, 2.45) is 5.92 Å². The largest absolute Gasteiger partial charge is 0.439 e. The fourth-order valence-electron chi connectivity index (χ4n) is 4.65. The van der Waals surface area contributed by atoms with Crippen LogP contribution in [0.25, 0.3) is 0 Å². The fourth-order valence-corrected chi connectivity index (χ4v) is 4.65. The highest BCUT2D eigenvalue weighted by Crippen LogP contribution is 2.35. The Labute approximate surface area is 207 Å². The number of hydrogen-bond acceptors (Lipinski definition) is 6. The molecule has 0 bridgehead atoms. The van der Waals surface area contributed by atoms with Gasteiger partial charge in [0.05, 0.1) is 0 Å². The number of carbonyl (C=O) groups is 4. The topological polar surface area (TPSA) is 130 Å². The lowest BCUT2D eigenvalue weighted by Crippen LogP contribution is -2.53. The number of ether oxygens (including phenoxy) is 1. The first-order valence-corrected chi connectivity index (χ1v) is 11.7. The normalized spacial score (nSPS) is 21.2. The van der Waals surface area contributed by atoms with Gasteiger partial charge in [-0.05, 0) is 31.0 Å². The second-order valence-electron chi connectivity index (χ2n) is 8.88. The summed E-state index contributed by atoms with van der Waals surface area (Å²) in [5.74, 6) is 0.0691. The van der Waals surface area contributed by atoms with Crippen LogP contribution in [0.5, 0.6) is 11.6 Å². The van der Waals surface area contributed by atoms with Gasteiger partial charge in [-0.1, -0.05) is 29.9 Å². The number of benzene rings is 1. The van der Waals surface area contributed by atoms with Crippen molar-refractivity contribution in [3.63, 3.8) is 0 Å². The van der Waals surface area contributed by atoms with Gasteiger partial charge in [0, 0.05) is 55.0 Å². The molecule has 1 aliphatic carbocycles. The molecule has 5 amide bonds. The van der Waals surface area contributed by atoms with Crippen LogP contribution in [0.4, 0.5) is 10.5 Å². The summed E-state index contributed by atoms with van der Waals surface area (Å²) in [6.07, 6.45) is 6.43. The summed E-state index contributed by atoms with van der Waals surface area (Å²) in [5.41, 5.74) is 2.21. The number of fused-ring (bicyclic) bond motifs is 1. The zero-order valence-corrected chi connectivity index (χ0v) is 19.4. The molecule has 10 heteroatoms. The number of likely N-dealkylation sites (tertiary alicyclic amines) is 1. The predicted octanol–water partition coefficient (Wildman–Crippen LogP) is 2.52. The fraction of sp³-hybridized carbons (Fsp3) is 0.269. The molecule has 2 fully saturated rings. The van der Waals surface area contributed by atoms with Gasteiger partial charge >= 0.3 is 6.03 Å². The Morgan fingerprint density at radius 2 is 2.03 bits per heavy atom. The van der Waals surface area contributed by atoms with E-state index in [0.29, 0.717) is 48.8 Å². The molecule has 2 saturated heterocycles. The van der Waals surface area contributed by atoms with Crippen LogP contribution >= 0.6 is 0 Å². The summed E-state index contributed by atoms with van der Waals surface area (Å²) in [6.45, 7) is 0.742. The third-order valence-electron chi connectivity index (χ3n) is 6.39. The lowest BCUT2D eigenvalue weighted by atomic mass is 9.89. The Morgan fingerprint density at radius 1 is 1.14 bits per heavy atom. The van der Waals surface area contributed by atoms with Crippen molar-refractivity contribution in [2.75, 3.05) is 18.4 Å². The molecule has 2 aliphatic heterocycles. The van der Waals surface area contributed by atoms with Crippen LogP contribution in [0, 0.1) is 5.92 Å². The number of nitrogens with zero attached hydrogens (tertiary/aromatic N) is 2. The van der Waals surface area contributed by atoms with Crippen LogP contribution in [0.15, 0.2) is 72.0 Å². The number of pyridine rings is 1. The van der Waals surface area contributed by atoms with Gasteiger partial charge in [-0.2, -0.15) is 0 Å². The monoisotopic (exact) mass is 487 g/mol. The van der Waals surface area contributed by atoms with Gasteiger partial charge in [0.25, 0.3) is 5.91 Å². The number of nitrogens with one attached hydrogen (secondary N) is 3. The molecule has 184 valence electrons. The average molecular weight is 488 g/mol. The van der Waals surface area contributed by atoms with E-state index in [1.165, 1.54) is 0 Å². The highest BCUT2D eigenvalue weighted by atomic mass is 16.5. The van der Waals surface area contributed by atoms with Gasteiger partial charge < -0.3 is 20.3 Å². The van der Waals surface area contributed by atoms with E-state index < -0.39 is 11.9 Å². The number of imide groups is 1. The number of allylic oxidation sites excluding steroid dienone is 2. The molecule has 0 radical (unpaired) electrons. The number of anilines is 1. The van der Waals surface area contributed by atoms with Crippen molar-refractivity contribution < 1.29 is 23.9 Å². The SMILES string of the molecule is O=C1CCC(N2CC3CC(CNC(=O)Nc4cccc(Oc5ccccn5)c4)=CC=C3C2=O)C(=O)N1. The van der Waals surface area contributed by atoms with E-state index in [-0.39, 0.29) is 30.2 Å². The number of aromatic nitrogens is 1. The highest BCUT2D eigenvalue weighted by molar-refractivity contribution is 6.05. The highest BCUT2D eigenvalue weighted by Gasteiger charge is 2.43. The maximum atomic E-state index is 12.9. The lowest BCUT2D eigenvalue weighted by molar-refractivity contribution is -0.142. The molecule has 5 rings (SSSR count). The van der Waals surface area contributed by atoms with Crippen LogP contribution in [0.2, 0.25) is 0 Å². The Hall–Kier alpha value is -4.47. The summed E-state index contributed by atoms with van der Waals surface area (Å²) in [6, 6.07) is 11.4. The Morgan fingerprint density at radius 3 is 2.83 bits per heavy atom. The summed E-state index contributed by atoms with van der Waals surface area (Å²) in [4.78, 5) is 54.7. The molecule has 36 heavy (non-hydrogen) atoms. The van der Waals surface area contributed by atoms with Crippen molar-refractivity contribution in [3.8, 4) is 11.6 Å². The summed E-state index contributed by atoms with van der Waals surface area (Å²) >= 11 is 0. The molecular formula is C26H25N5O5. The van der Waals surface area contributed by atoms with Gasteiger partial charge in [0.15, 0.2) is 0 Å². The number of amides is 5. The first kappa shape index (κ1) is 23.3. The Kier molecular flexibility index (Phi) is 6.48. The minimum absolute atomic E-state index is 0.0479. The zero-order valence-electron chi connectivity index (χ0n) is 19.4. The van der Waals surface area contributed by atoms with E-state index in [9.17, 15) is 19.2 Å². The first-order chi connectivity index (χ1) is 17.5. The quantitative estimate of drug-likeness (QED) is 0.537. The first-order valence-electron chi connectivity index (χ1n) is 11.7. The van der Waals surface area contributed by atoms with Gasteiger partial charge in [-0.25, -0.2) is 9.78 Å². The van der Waals surface area contributed by atoms with Crippen molar-refractivity contribution in [1.29, 1.82) is 0 Å². The van der Waals surface area contributed by atoms with Crippen LogP contribution in [0.3, 0.4) is 0 Å². The maximum Gasteiger partial charge on any atom is 0.319 e. The molecule has 3 aliphatic rings. The number of hydrogen-bond donors (Lipinski definition) is 3. The Bertz CT molecular complexity index is 1270. The summed E-state index contributed by atoms with van der Waals surface area (Å²) in [5, 5.41) is 7.95. The smallest absolute Gasteiger partial charge is 0.319 e. The van der Waals surface area contributed by atoms with Crippen LogP contribution < -0.4 is 20.7 Å². The molecule has 2 atom stereocenters. The molecule has 1 aromatic heterocycles. The summed E-state index contributed by atoms with van der Waals surface area (Å²) < 4.78 is 5.70. The van der Waals surface area contributed by atoms with E-state index in [2.05, 4.69) is 20.9 Å². The number of carbonyl (C=O) groups excluding carboxylic acids is 4. The molecular weight excluding hydrogens is 462 g/mol. The molecule has 3 heterocycles. The van der Waals surface area contributed by atoms with E-state index in [4.69, 9.17) is 4.74 Å². The van der Waals surface area contributed by atoms with E-state index in [1.807, 2.05) is 12.1 Å². The van der Waals surface area contributed by atoms with Gasteiger partial charge in [0.2, 0.25) is 17.7 Å². The third-order valence-corrected chi connectivity index (χ3v) is 6.39. The lowest BCUT2D eigenvalue weighted by Gasteiger charge is -2.29. The number of piperidine rings is 1. The Balaban J connectivity index is 1.13. The second-order valence-corrected chi connectivity index (χ2v) is 8.88. The predicted molar refractivity (Wildman–Crippen MR) is 130 cm³/mol. The minimum atomic E-state index is -0.619. The van der Waals surface area contributed by atoms with E-state index >= 15 is 0 Å². The van der Waals surface area contributed by atoms with Crippen molar-refractivity contribution in [2.45, 2.75) is 25.3 Å².